The van der Waals surface area contributed by atoms with Crippen LogP contribution in [0, 0.1) is 5.92 Å². The van der Waals surface area contributed by atoms with Crippen LogP contribution >= 0.6 is 0 Å². The molecule has 0 saturated carbocycles. The lowest BCUT2D eigenvalue weighted by molar-refractivity contribution is -0.132. The molecular weight excluding hydrogens is 310 g/mol. The van der Waals surface area contributed by atoms with Crippen LogP contribution < -0.4 is 15.4 Å². The summed E-state index contributed by atoms with van der Waals surface area (Å²) >= 11 is 0. The Balaban J connectivity index is 1.56. The number of nitrogens with zero attached hydrogens (tertiary/aromatic N) is 2. The molecule has 1 atom stereocenters. The highest BCUT2D eigenvalue weighted by atomic mass is 16.5. The number of anilines is 1. The number of benzene rings is 1. The maximum absolute atomic E-state index is 12.0. The predicted molar refractivity (Wildman–Crippen MR) is 87.4 cm³/mol. The zero-order valence-electron chi connectivity index (χ0n) is 13.4. The minimum Gasteiger partial charge on any atom is -0.484 e. The van der Waals surface area contributed by atoms with E-state index in [4.69, 9.17) is 10.5 Å². The maximum Gasteiger partial charge on any atom is 0.260 e. The SMILES string of the molecule is NC(=O)[C@H]1CC(=O)N(c2ccc(OCC(=O)N3CCCC3)cc2)C1. The smallest absolute Gasteiger partial charge is 0.260 e. The molecule has 2 aliphatic heterocycles. The molecule has 1 aromatic rings. The quantitative estimate of drug-likeness (QED) is 0.851. The van der Waals surface area contributed by atoms with Gasteiger partial charge >= 0.3 is 0 Å². The minimum absolute atomic E-state index is 0.00408. The molecule has 2 N–H and O–H groups in total. The zero-order valence-corrected chi connectivity index (χ0v) is 13.4. The van der Waals surface area contributed by atoms with E-state index in [9.17, 15) is 14.4 Å². The molecule has 128 valence electrons. The number of carbonyl (C=O) groups excluding carboxylic acids is 3. The number of primary amides is 1. The monoisotopic (exact) mass is 331 g/mol. The number of carbonyl (C=O) groups is 3. The molecule has 3 amide bonds. The number of hydrogen-bond acceptors (Lipinski definition) is 4. The number of ether oxygens (including phenoxy) is 1. The highest BCUT2D eigenvalue weighted by Crippen LogP contribution is 2.26. The molecule has 2 saturated heterocycles. The van der Waals surface area contributed by atoms with Crippen molar-refractivity contribution in [3.8, 4) is 5.75 Å². The molecule has 0 spiro atoms. The average molecular weight is 331 g/mol. The molecule has 7 heteroatoms. The van der Waals surface area contributed by atoms with Crippen molar-refractivity contribution in [1.29, 1.82) is 0 Å². The van der Waals surface area contributed by atoms with E-state index in [1.54, 1.807) is 34.1 Å². The molecule has 0 radical (unpaired) electrons. The van der Waals surface area contributed by atoms with Crippen molar-refractivity contribution >= 4 is 23.4 Å². The molecule has 7 nitrogen and oxygen atoms in total. The molecular formula is C17H21N3O4. The Morgan fingerprint density at radius 3 is 2.42 bits per heavy atom. The van der Waals surface area contributed by atoms with Crippen molar-refractivity contribution in [3.63, 3.8) is 0 Å². The fourth-order valence-corrected chi connectivity index (χ4v) is 3.07. The van der Waals surface area contributed by atoms with Gasteiger partial charge in [0.15, 0.2) is 6.61 Å². The summed E-state index contributed by atoms with van der Waals surface area (Å²) in [6, 6.07) is 6.93. The fourth-order valence-electron chi connectivity index (χ4n) is 3.07. The summed E-state index contributed by atoms with van der Waals surface area (Å²) in [5.41, 5.74) is 5.97. The number of hydrogen-bond donors (Lipinski definition) is 1. The van der Waals surface area contributed by atoms with Crippen LogP contribution in [0.15, 0.2) is 24.3 Å². The summed E-state index contributed by atoms with van der Waals surface area (Å²) in [6.45, 7) is 1.94. The minimum atomic E-state index is -0.453. The van der Waals surface area contributed by atoms with E-state index in [0.29, 0.717) is 18.0 Å². The van der Waals surface area contributed by atoms with E-state index in [-0.39, 0.29) is 24.8 Å². The lowest BCUT2D eigenvalue weighted by Crippen LogP contribution is -2.32. The van der Waals surface area contributed by atoms with Crippen molar-refractivity contribution in [3.05, 3.63) is 24.3 Å². The molecule has 2 aliphatic rings. The van der Waals surface area contributed by atoms with Crippen LogP contribution in [0.5, 0.6) is 5.75 Å². The first-order valence-corrected chi connectivity index (χ1v) is 8.15. The van der Waals surface area contributed by atoms with Crippen LogP contribution in [0.2, 0.25) is 0 Å². The van der Waals surface area contributed by atoms with Crippen LogP contribution in [0.4, 0.5) is 5.69 Å². The average Bonchev–Trinajstić information content (AvgIpc) is 3.23. The van der Waals surface area contributed by atoms with E-state index in [0.717, 1.165) is 25.9 Å². The van der Waals surface area contributed by atoms with Crippen LogP contribution in [0.1, 0.15) is 19.3 Å². The van der Waals surface area contributed by atoms with Gasteiger partial charge in [0.1, 0.15) is 5.75 Å². The first kappa shape index (κ1) is 16.3. The number of likely N-dealkylation sites (tertiary alicyclic amines) is 1. The molecule has 2 fully saturated rings. The standard InChI is InChI=1S/C17H21N3O4/c18-17(23)12-9-15(21)20(10-12)13-3-5-14(6-4-13)24-11-16(22)19-7-1-2-8-19/h3-6,12H,1-2,7-11H2,(H2,18,23)/t12-/m0/s1. The predicted octanol–water partition coefficient (Wildman–Crippen LogP) is 0.526. The van der Waals surface area contributed by atoms with Gasteiger partial charge in [0, 0.05) is 31.7 Å². The number of nitrogens with two attached hydrogens (primary N) is 1. The van der Waals surface area contributed by atoms with E-state index in [2.05, 4.69) is 0 Å². The summed E-state index contributed by atoms with van der Waals surface area (Å²) in [7, 11) is 0. The molecule has 0 aliphatic carbocycles. The van der Waals surface area contributed by atoms with Gasteiger partial charge < -0.3 is 20.3 Å². The Morgan fingerprint density at radius 1 is 1.17 bits per heavy atom. The molecule has 0 unspecified atom stereocenters. The first-order chi connectivity index (χ1) is 11.5. The number of amides is 3. The zero-order chi connectivity index (χ0) is 17.1. The van der Waals surface area contributed by atoms with Crippen LogP contribution in [0.25, 0.3) is 0 Å². The van der Waals surface area contributed by atoms with E-state index in [1.165, 1.54) is 0 Å². The third-order valence-electron chi connectivity index (χ3n) is 4.50. The van der Waals surface area contributed by atoms with Crippen LogP contribution in [0.3, 0.4) is 0 Å². The van der Waals surface area contributed by atoms with E-state index in [1.807, 2.05) is 0 Å². The third-order valence-corrected chi connectivity index (χ3v) is 4.50. The Bertz CT molecular complexity index is 638. The summed E-state index contributed by atoms with van der Waals surface area (Å²) < 4.78 is 5.52. The highest BCUT2D eigenvalue weighted by Gasteiger charge is 2.33. The second kappa shape index (κ2) is 6.90. The highest BCUT2D eigenvalue weighted by molar-refractivity contribution is 6.00. The van der Waals surface area contributed by atoms with E-state index >= 15 is 0 Å². The number of rotatable bonds is 5. The Hall–Kier alpha value is -2.57. The lowest BCUT2D eigenvalue weighted by atomic mass is 10.1. The molecule has 3 rings (SSSR count). The topological polar surface area (TPSA) is 92.9 Å². The van der Waals surface area contributed by atoms with Crippen molar-refractivity contribution in [2.75, 3.05) is 31.1 Å². The van der Waals surface area contributed by atoms with Crippen molar-refractivity contribution in [1.82, 2.24) is 4.90 Å². The van der Waals surface area contributed by atoms with Crippen LogP contribution in [-0.2, 0) is 14.4 Å². The van der Waals surface area contributed by atoms with Gasteiger partial charge in [0.05, 0.1) is 5.92 Å². The maximum atomic E-state index is 12.0. The second-order valence-corrected chi connectivity index (χ2v) is 6.18. The Labute approximate surface area is 140 Å². The van der Waals surface area contributed by atoms with Crippen molar-refractivity contribution in [2.45, 2.75) is 19.3 Å². The fraction of sp³-hybridized carbons (Fsp3) is 0.471. The normalized spacial score (nSPS) is 20.5. The summed E-state index contributed by atoms with van der Waals surface area (Å²) in [4.78, 5) is 38.5. The second-order valence-electron chi connectivity index (χ2n) is 6.18. The summed E-state index contributed by atoms with van der Waals surface area (Å²) in [6.07, 6.45) is 2.26. The van der Waals surface area contributed by atoms with Crippen LogP contribution in [-0.4, -0.2) is 48.9 Å². The van der Waals surface area contributed by atoms with Gasteiger partial charge in [-0.2, -0.15) is 0 Å². The van der Waals surface area contributed by atoms with Gasteiger partial charge in [-0.05, 0) is 37.1 Å². The summed E-state index contributed by atoms with van der Waals surface area (Å²) in [5.74, 6) is -0.436. The lowest BCUT2D eigenvalue weighted by Gasteiger charge is -2.18. The summed E-state index contributed by atoms with van der Waals surface area (Å²) in [5, 5.41) is 0. The molecule has 2 heterocycles. The van der Waals surface area contributed by atoms with E-state index < -0.39 is 11.8 Å². The largest absolute Gasteiger partial charge is 0.484 e. The van der Waals surface area contributed by atoms with Gasteiger partial charge in [-0.15, -0.1) is 0 Å². The third kappa shape index (κ3) is 3.50. The van der Waals surface area contributed by atoms with Gasteiger partial charge in [-0.1, -0.05) is 0 Å². The van der Waals surface area contributed by atoms with Crippen molar-refractivity contribution in [2.24, 2.45) is 11.7 Å². The van der Waals surface area contributed by atoms with Crippen molar-refractivity contribution < 1.29 is 19.1 Å². The van der Waals surface area contributed by atoms with Gasteiger partial charge in [-0.3, -0.25) is 14.4 Å². The van der Waals surface area contributed by atoms with Gasteiger partial charge in [-0.25, -0.2) is 0 Å². The Morgan fingerprint density at radius 2 is 1.83 bits per heavy atom. The van der Waals surface area contributed by atoms with Gasteiger partial charge in [0.2, 0.25) is 11.8 Å². The molecule has 0 bridgehead atoms. The first-order valence-electron chi connectivity index (χ1n) is 8.15. The molecule has 1 aromatic carbocycles. The molecule has 0 aromatic heterocycles. The van der Waals surface area contributed by atoms with Gasteiger partial charge in [0.25, 0.3) is 5.91 Å². The Kier molecular flexibility index (Phi) is 4.69. The molecule has 24 heavy (non-hydrogen) atoms.